The maximum absolute atomic E-state index is 11.9. The molecule has 4 nitrogen and oxygen atoms in total. The molecule has 0 aliphatic carbocycles. The van der Waals surface area contributed by atoms with Gasteiger partial charge in [-0.2, -0.15) is 0 Å². The molecule has 2 aromatic carbocycles. The molecular formula is C19H22N2O2. The Morgan fingerprint density at radius 2 is 1.61 bits per heavy atom. The Balaban J connectivity index is 1.87. The van der Waals surface area contributed by atoms with Crippen LogP contribution in [0.1, 0.15) is 37.3 Å². The molecule has 0 heterocycles. The van der Waals surface area contributed by atoms with Gasteiger partial charge in [0.1, 0.15) is 0 Å². The first-order chi connectivity index (χ1) is 11.1. The van der Waals surface area contributed by atoms with Crippen LogP contribution in [0.25, 0.3) is 0 Å². The van der Waals surface area contributed by atoms with Gasteiger partial charge >= 0.3 is 11.8 Å². The molecule has 0 spiro atoms. The van der Waals surface area contributed by atoms with Crippen LogP contribution in [-0.2, 0) is 16.1 Å². The van der Waals surface area contributed by atoms with E-state index in [0.29, 0.717) is 18.2 Å². The molecule has 0 bridgehead atoms. The topological polar surface area (TPSA) is 58.2 Å². The number of hydrogen-bond donors (Lipinski definition) is 2. The Kier molecular flexibility index (Phi) is 5.92. The van der Waals surface area contributed by atoms with Crippen LogP contribution in [0, 0.1) is 0 Å². The third-order valence-corrected chi connectivity index (χ3v) is 3.85. The lowest BCUT2D eigenvalue weighted by Crippen LogP contribution is -2.34. The Morgan fingerprint density at radius 3 is 2.22 bits per heavy atom. The van der Waals surface area contributed by atoms with E-state index >= 15 is 0 Å². The Hall–Kier alpha value is -2.62. The normalized spacial score (nSPS) is 11.6. The van der Waals surface area contributed by atoms with Crippen molar-refractivity contribution in [1.82, 2.24) is 5.32 Å². The second kappa shape index (κ2) is 8.13. The summed E-state index contributed by atoms with van der Waals surface area (Å²) in [7, 11) is 0. The highest BCUT2D eigenvalue weighted by atomic mass is 16.2. The van der Waals surface area contributed by atoms with Crippen molar-refractivity contribution in [3.63, 3.8) is 0 Å². The predicted octanol–water partition coefficient (Wildman–Crippen LogP) is 3.46. The quantitative estimate of drug-likeness (QED) is 0.831. The molecule has 0 aromatic heterocycles. The van der Waals surface area contributed by atoms with Crippen molar-refractivity contribution in [2.24, 2.45) is 0 Å². The molecule has 0 saturated carbocycles. The van der Waals surface area contributed by atoms with Crippen molar-refractivity contribution < 1.29 is 9.59 Å². The molecule has 120 valence electrons. The van der Waals surface area contributed by atoms with E-state index in [-0.39, 0.29) is 0 Å². The highest BCUT2D eigenvalue weighted by Crippen LogP contribution is 2.20. The van der Waals surface area contributed by atoms with Gasteiger partial charge in [-0.1, -0.05) is 56.3 Å². The lowest BCUT2D eigenvalue weighted by atomic mass is 9.99. The minimum Gasteiger partial charge on any atom is -0.344 e. The van der Waals surface area contributed by atoms with Crippen LogP contribution in [0.5, 0.6) is 0 Å². The summed E-state index contributed by atoms with van der Waals surface area (Å²) in [5.74, 6) is -0.814. The number of amides is 2. The monoisotopic (exact) mass is 310 g/mol. The van der Waals surface area contributed by atoms with Gasteiger partial charge in [0.25, 0.3) is 0 Å². The van der Waals surface area contributed by atoms with Gasteiger partial charge in [-0.05, 0) is 35.6 Å². The van der Waals surface area contributed by atoms with Crippen molar-refractivity contribution in [2.45, 2.75) is 32.7 Å². The van der Waals surface area contributed by atoms with Gasteiger partial charge in [-0.15, -0.1) is 0 Å². The first-order valence-electron chi connectivity index (χ1n) is 7.83. The van der Waals surface area contributed by atoms with E-state index in [2.05, 4.69) is 24.5 Å². The molecule has 0 saturated heterocycles. The maximum Gasteiger partial charge on any atom is 0.313 e. The third-order valence-electron chi connectivity index (χ3n) is 3.85. The average Bonchev–Trinajstić information content (AvgIpc) is 2.60. The zero-order chi connectivity index (χ0) is 16.7. The van der Waals surface area contributed by atoms with Gasteiger partial charge < -0.3 is 10.6 Å². The summed E-state index contributed by atoms with van der Waals surface area (Å²) in [5, 5.41) is 5.22. The van der Waals surface area contributed by atoms with E-state index in [9.17, 15) is 9.59 Å². The van der Waals surface area contributed by atoms with Gasteiger partial charge in [0.15, 0.2) is 0 Å². The number of carbonyl (C=O) groups excluding carboxylic acids is 2. The van der Waals surface area contributed by atoms with Crippen LogP contribution in [0.15, 0.2) is 54.6 Å². The van der Waals surface area contributed by atoms with E-state index in [4.69, 9.17) is 0 Å². The SMILES string of the molecule is CC[C@H](C)c1ccc(NC(=O)C(=O)NCc2ccccc2)cc1. The summed E-state index contributed by atoms with van der Waals surface area (Å²) in [6.45, 7) is 4.63. The Morgan fingerprint density at radius 1 is 0.957 bits per heavy atom. The van der Waals surface area contributed by atoms with Crippen molar-refractivity contribution in [3.05, 3.63) is 65.7 Å². The summed E-state index contributed by atoms with van der Waals surface area (Å²) in [4.78, 5) is 23.7. The second-order valence-electron chi connectivity index (χ2n) is 5.55. The largest absolute Gasteiger partial charge is 0.344 e. The van der Waals surface area contributed by atoms with Gasteiger partial charge in [-0.3, -0.25) is 9.59 Å². The second-order valence-corrected chi connectivity index (χ2v) is 5.55. The minimum atomic E-state index is -0.655. The van der Waals surface area contributed by atoms with Crippen LogP contribution >= 0.6 is 0 Å². The van der Waals surface area contributed by atoms with E-state index in [1.807, 2.05) is 54.6 Å². The van der Waals surface area contributed by atoms with Crippen LogP contribution < -0.4 is 10.6 Å². The van der Waals surface area contributed by atoms with Crippen molar-refractivity contribution >= 4 is 17.5 Å². The summed E-state index contributed by atoms with van der Waals surface area (Å²) >= 11 is 0. The number of carbonyl (C=O) groups is 2. The number of nitrogens with one attached hydrogen (secondary N) is 2. The molecule has 2 rings (SSSR count). The number of rotatable bonds is 5. The first-order valence-corrected chi connectivity index (χ1v) is 7.83. The molecule has 2 aromatic rings. The van der Waals surface area contributed by atoms with Crippen molar-refractivity contribution in [2.75, 3.05) is 5.32 Å². The molecule has 2 N–H and O–H groups in total. The zero-order valence-corrected chi connectivity index (χ0v) is 13.5. The highest BCUT2D eigenvalue weighted by molar-refractivity contribution is 6.39. The summed E-state index contributed by atoms with van der Waals surface area (Å²) in [6.07, 6.45) is 1.06. The number of hydrogen-bond acceptors (Lipinski definition) is 2. The molecule has 1 atom stereocenters. The van der Waals surface area contributed by atoms with Gasteiger partial charge in [0.05, 0.1) is 0 Å². The molecule has 0 radical (unpaired) electrons. The zero-order valence-electron chi connectivity index (χ0n) is 13.5. The number of benzene rings is 2. The molecule has 4 heteroatoms. The van der Waals surface area contributed by atoms with Gasteiger partial charge in [0, 0.05) is 12.2 Å². The minimum absolute atomic E-state index is 0.333. The van der Waals surface area contributed by atoms with Gasteiger partial charge in [-0.25, -0.2) is 0 Å². The fraction of sp³-hybridized carbons (Fsp3) is 0.263. The molecule has 0 aliphatic heterocycles. The van der Waals surface area contributed by atoms with Crippen LogP contribution in [-0.4, -0.2) is 11.8 Å². The van der Waals surface area contributed by atoms with E-state index < -0.39 is 11.8 Å². The average molecular weight is 310 g/mol. The molecule has 23 heavy (non-hydrogen) atoms. The molecule has 2 amide bonds. The first kappa shape index (κ1) is 16.7. The van der Waals surface area contributed by atoms with E-state index in [0.717, 1.165) is 12.0 Å². The smallest absolute Gasteiger partial charge is 0.313 e. The van der Waals surface area contributed by atoms with Gasteiger partial charge in [0.2, 0.25) is 0 Å². The van der Waals surface area contributed by atoms with Crippen molar-refractivity contribution in [3.8, 4) is 0 Å². The summed E-state index contributed by atoms with van der Waals surface area (Å²) in [5.41, 5.74) is 2.79. The molecule has 0 aliphatic rings. The fourth-order valence-electron chi connectivity index (χ4n) is 2.18. The Labute approximate surface area is 136 Å². The summed E-state index contributed by atoms with van der Waals surface area (Å²) < 4.78 is 0. The summed E-state index contributed by atoms with van der Waals surface area (Å²) in [6, 6.07) is 17.1. The maximum atomic E-state index is 11.9. The number of anilines is 1. The van der Waals surface area contributed by atoms with Crippen molar-refractivity contribution in [1.29, 1.82) is 0 Å². The van der Waals surface area contributed by atoms with Crippen LogP contribution in [0.3, 0.4) is 0 Å². The van der Waals surface area contributed by atoms with Crippen LogP contribution in [0.2, 0.25) is 0 Å². The third kappa shape index (κ3) is 4.95. The Bertz CT molecular complexity index is 651. The van der Waals surface area contributed by atoms with Crippen LogP contribution in [0.4, 0.5) is 5.69 Å². The lowest BCUT2D eigenvalue weighted by molar-refractivity contribution is -0.136. The fourth-order valence-corrected chi connectivity index (χ4v) is 2.18. The highest BCUT2D eigenvalue weighted by Gasteiger charge is 2.13. The standard InChI is InChI=1S/C19H22N2O2/c1-3-14(2)16-9-11-17(12-10-16)21-19(23)18(22)20-13-15-7-5-4-6-8-15/h4-12,14H,3,13H2,1-2H3,(H,20,22)(H,21,23)/t14-/m0/s1. The molecule has 0 unspecified atom stereocenters. The molecule has 0 fully saturated rings. The molecular weight excluding hydrogens is 288 g/mol. The van der Waals surface area contributed by atoms with E-state index in [1.165, 1.54) is 5.56 Å². The lowest BCUT2D eigenvalue weighted by Gasteiger charge is -2.10. The van der Waals surface area contributed by atoms with E-state index in [1.54, 1.807) is 0 Å². The predicted molar refractivity (Wildman–Crippen MR) is 92.1 cm³/mol.